The number of nitrogens with zero attached hydrogens (tertiary/aromatic N) is 1. The van der Waals surface area contributed by atoms with Crippen molar-refractivity contribution in [3.8, 4) is 16.9 Å². The van der Waals surface area contributed by atoms with Gasteiger partial charge in [0.2, 0.25) is 5.78 Å². The normalized spacial score (nSPS) is 26.4. The third kappa shape index (κ3) is 4.18. The van der Waals surface area contributed by atoms with E-state index in [0.717, 1.165) is 5.56 Å². The van der Waals surface area contributed by atoms with Gasteiger partial charge in [-0.1, -0.05) is 18.2 Å². The SMILES string of the molecule is CC(CF)Nc1ccc(-c2ccc(O)c3c2C[C@@H]2C[C@@H]4C(N(C)C)C(O)=C(C(N)=O)C(=O)[C@]4(O)C(O)=C2C3=O)cc1. The number of amides is 1. The molecular formula is C30H32FN3O7. The molecule has 216 valence electrons. The molecule has 0 fully saturated rings. The van der Waals surface area contributed by atoms with E-state index in [4.69, 9.17) is 5.73 Å². The van der Waals surface area contributed by atoms with Gasteiger partial charge < -0.3 is 31.5 Å². The lowest BCUT2D eigenvalue weighted by molar-refractivity contribution is -0.148. The highest BCUT2D eigenvalue weighted by molar-refractivity contribution is 6.24. The van der Waals surface area contributed by atoms with Crippen molar-refractivity contribution >= 4 is 23.2 Å². The molecule has 5 rings (SSSR count). The van der Waals surface area contributed by atoms with Crippen molar-refractivity contribution in [2.75, 3.05) is 26.1 Å². The van der Waals surface area contributed by atoms with Crippen molar-refractivity contribution in [2.45, 2.75) is 37.5 Å². The number of anilines is 1. The van der Waals surface area contributed by atoms with Gasteiger partial charge in [-0.25, -0.2) is 4.39 Å². The summed E-state index contributed by atoms with van der Waals surface area (Å²) in [5.74, 6) is -6.91. The summed E-state index contributed by atoms with van der Waals surface area (Å²) >= 11 is 0. The fourth-order valence-corrected chi connectivity index (χ4v) is 6.59. The van der Waals surface area contributed by atoms with Crippen LogP contribution in [0.25, 0.3) is 11.1 Å². The second-order valence-corrected chi connectivity index (χ2v) is 11.2. The van der Waals surface area contributed by atoms with E-state index in [9.17, 15) is 39.2 Å². The average Bonchev–Trinajstić information content (AvgIpc) is 2.91. The second-order valence-electron chi connectivity index (χ2n) is 11.2. The lowest BCUT2D eigenvalue weighted by atomic mass is 9.58. The van der Waals surface area contributed by atoms with Crippen molar-refractivity contribution in [1.82, 2.24) is 4.90 Å². The number of primary amides is 1. The maximum absolute atomic E-state index is 13.9. The van der Waals surface area contributed by atoms with E-state index in [1.54, 1.807) is 39.2 Å². The van der Waals surface area contributed by atoms with Gasteiger partial charge >= 0.3 is 0 Å². The minimum absolute atomic E-state index is 0.00480. The summed E-state index contributed by atoms with van der Waals surface area (Å²) in [5, 5.41) is 47.8. The van der Waals surface area contributed by atoms with Crippen LogP contribution in [-0.2, 0) is 16.0 Å². The molecule has 10 nitrogen and oxygen atoms in total. The number of aliphatic hydroxyl groups is 3. The standard InChI is InChI=1S/C30H32FN3O7/c1-13(12-31)33-16-6-4-14(5-7-16)17-8-9-20(35)22-18(17)10-15-11-19-24(34(2)3)26(37)23(29(32)40)28(39)30(19,41)27(38)21(15)25(22)36/h4-9,13,15,19,24,33,35,37-38,41H,10-12H2,1-3H3,(H2,32,40)/t13?,15-,19-,24?,30-/m1/s1. The summed E-state index contributed by atoms with van der Waals surface area (Å²) in [6, 6.07) is 8.80. The van der Waals surface area contributed by atoms with Gasteiger partial charge in [0.1, 0.15) is 29.5 Å². The highest BCUT2D eigenvalue weighted by atomic mass is 19.1. The number of fused-ring (bicyclic) bond motifs is 3. The number of nitrogens with one attached hydrogen (secondary N) is 1. The van der Waals surface area contributed by atoms with Gasteiger partial charge in [-0.15, -0.1) is 0 Å². The zero-order chi connectivity index (χ0) is 30.0. The molecule has 0 saturated carbocycles. The molecule has 3 aliphatic carbocycles. The van der Waals surface area contributed by atoms with Crippen molar-refractivity contribution in [1.29, 1.82) is 0 Å². The maximum Gasteiger partial charge on any atom is 0.255 e. The molecule has 0 radical (unpaired) electrons. The third-order valence-electron chi connectivity index (χ3n) is 8.45. The number of allylic oxidation sites excluding steroid dienone is 1. The van der Waals surface area contributed by atoms with Crippen molar-refractivity contribution in [3.05, 3.63) is 70.2 Å². The van der Waals surface area contributed by atoms with E-state index in [0.29, 0.717) is 16.8 Å². The number of aliphatic hydroxyl groups excluding tert-OH is 2. The molecule has 0 bridgehead atoms. The molecular weight excluding hydrogens is 533 g/mol. The van der Waals surface area contributed by atoms with Crippen LogP contribution in [0.5, 0.6) is 5.75 Å². The number of halogens is 1. The summed E-state index contributed by atoms with van der Waals surface area (Å²) in [6.07, 6.45) is 0.183. The molecule has 1 amide bonds. The molecule has 3 aliphatic rings. The van der Waals surface area contributed by atoms with E-state index < -0.39 is 64.7 Å². The molecule has 7 N–H and O–H groups in total. The minimum atomic E-state index is -2.68. The van der Waals surface area contributed by atoms with Crippen LogP contribution in [0.2, 0.25) is 0 Å². The van der Waals surface area contributed by atoms with Crippen molar-refractivity contribution in [3.63, 3.8) is 0 Å². The molecule has 0 aromatic heterocycles. The van der Waals surface area contributed by atoms with E-state index in [1.807, 2.05) is 12.1 Å². The number of Topliss-reactive ketones (excluding diaryl/α,β-unsaturated/α-hetero) is 2. The zero-order valence-corrected chi connectivity index (χ0v) is 22.8. The van der Waals surface area contributed by atoms with E-state index in [-0.39, 0.29) is 35.8 Å². The van der Waals surface area contributed by atoms with Crippen LogP contribution >= 0.6 is 0 Å². The number of likely N-dealkylation sites (N-methyl/N-ethyl adjacent to an activating group) is 1. The Morgan fingerprint density at radius 2 is 1.80 bits per heavy atom. The van der Waals surface area contributed by atoms with Crippen LogP contribution in [0, 0.1) is 11.8 Å². The maximum atomic E-state index is 13.9. The Balaban J connectivity index is 1.63. The molecule has 2 unspecified atom stereocenters. The highest BCUT2D eigenvalue weighted by Gasteiger charge is 2.63. The van der Waals surface area contributed by atoms with E-state index >= 15 is 0 Å². The van der Waals surface area contributed by atoms with Gasteiger partial charge in [0.25, 0.3) is 5.91 Å². The number of carbonyl (C=O) groups is 3. The lowest BCUT2D eigenvalue weighted by Crippen LogP contribution is -2.63. The molecule has 41 heavy (non-hydrogen) atoms. The summed E-state index contributed by atoms with van der Waals surface area (Å²) in [4.78, 5) is 40.9. The third-order valence-corrected chi connectivity index (χ3v) is 8.45. The molecule has 0 saturated heterocycles. The number of alkyl halides is 1. The van der Waals surface area contributed by atoms with Gasteiger partial charge in [-0.3, -0.25) is 19.3 Å². The number of phenolic OH excluding ortho intramolecular Hbond substituents is 1. The monoisotopic (exact) mass is 565 g/mol. The van der Waals surface area contributed by atoms with Gasteiger partial charge in [0.05, 0.1) is 17.6 Å². The molecule has 0 aliphatic heterocycles. The molecule has 2 aromatic rings. The number of phenols is 1. The Morgan fingerprint density at radius 1 is 1.15 bits per heavy atom. The zero-order valence-electron chi connectivity index (χ0n) is 22.8. The Bertz CT molecular complexity index is 1530. The first-order valence-electron chi connectivity index (χ1n) is 13.2. The van der Waals surface area contributed by atoms with Crippen molar-refractivity contribution in [2.24, 2.45) is 17.6 Å². The summed E-state index contributed by atoms with van der Waals surface area (Å²) < 4.78 is 12.9. The van der Waals surface area contributed by atoms with Gasteiger partial charge in [-0.05, 0) is 74.7 Å². The van der Waals surface area contributed by atoms with Crippen LogP contribution in [-0.4, -0.2) is 81.3 Å². The summed E-state index contributed by atoms with van der Waals surface area (Å²) in [6.45, 7) is 1.18. The van der Waals surface area contributed by atoms with Gasteiger partial charge in [-0.2, -0.15) is 0 Å². The molecule has 11 heteroatoms. The first kappa shape index (κ1) is 28.3. The van der Waals surface area contributed by atoms with E-state index in [2.05, 4.69) is 5.32 Å². The number of benzene rings is 2. The minimum Gasteiger partial charge on any atom is -0.510 e. The first-order chi connectivity index (χ1) is 19.3. The fraction of sp³-hybridized carbons (Fsp3) is 0.367. The number of carbonyl (C=O) groups excluding carboxylic acids is 3. The molecule has 0 heterocycles. The number of aromatic hydroxyl groups is 1. The van der Waals surface area contributed by atoms with Crippen LogP contribution in [0.15, 0.2) is 59.1 Å². The fourth-order valence-electron chi connectivity index (χ4n) is 6.59. The largest absolute Gasteiger partial charge is 0.510 e. The van der Waals surface area contributed by atoms with E-state index in [1.165, 1.54) is 11.0 Å². The number of ketones is 2. The number of hydrogen-bond acceptors (Lipinski definition) is 9. The van der Waals surface area contributed by atoms with Crippen molar-refractivity contribution < 1.29 is 39.2 Å². The Morgan fingerprint density at radius 3 is 2.39 bits per heavy atom. The van der Waals surface area contributed by atoms with Crippen LogP contribution in [0.1, 0.15) is 29.3 Å². The van der Waals surface area contributed by atoms with Crippen LogP contribution < -0.4 is 11.1 Å². The number of hydrogen-bond donors (Lipinski definition) is 6. The number of rotatable bonds is 6. The van der Waals surface area contributed by atoms with Crippen LogP contribution in [0.4, 0.5) is 10.1 Å². The number of nitrogens with two attached hydrogens (primary N) is 1. The van der Waals surface area contributed by atoms with Crippen LogP contribution in [0.3, 0.4) is 0 Å². The Labute approximate surface area is 235 Å². The Hall–Kier alpha value is -4.22. The predicted molar refractivity (Wildman–Crippen MR) is 148 cm³/mol. The average molecular weight is 566 g/mol. The predicted octanol–water partition coefficient (Wildman–Crippen LogP) is 2.56. The molecule has 2 aromatic carbocycles. The van der Waals surface area contributed by atoms with Gasteiger partial charge in [0, 0.05) is 17.2 Å². The first-order valence-corrected chi connectivity index (χ1v) is 13.2. The molecule has 0 spiro atoms. The Kier molecular flexibility index (Phi) is 6.91. The topological polar surface area (TPSA) is 173 Å². The molecule has 5 atom stereocenters. The highest BCUT2D eigenvalue weighted by Crippen LogP contribution is 2.53. The lowest BCUT2D eigenvalue weighted by Gasteiger charge is -2.50. The smallest absolute Gasteiger partial charge is 0.255 e. The summed E-state index contributed by atoms with van der Waals surface area (Å²) in [7, 11) is 3.16. The quantitative estimate of drug-likeness (QED) is 0.288. The van der Waals surface area contributed by atoms with Gasteiger partial charge in [0.15, 0.2) is 11.4 Å². The summed E-state index contributed by atoms with van der Waals surface area (Å²) in [5.41, 5.74) is 4.21. The second kappa shape index (κ2) is 10.0.